The lowest BCUT2D eigenvalue weighted by Crippen LogP contribution is -2.47. The number of nitrogens with zero attached hydrogens (tertiary/aromatic N) is 5. The van der Waals surface area contributed by atoms with Gasteiger partial charge in [-0.2, -0.15) is 5.10 Å². The van der Waals surface area contributed by atoms with E-state index in [1.807, 2.05) is 88.0 Å². The van der Waals surface area contributed by atoms with Crippen LogP contribution in [0.5, 0.6) is 0 Å². The Bertz CT molecular complexity index is 1210. The van der Waals surface area contributed by atoms with Gasteiger partial charge in [0.25, 0.3) is 0 Å². The van der Waals surface area contributed by atoms with Crippen molar-refractivity contribution in [1.82, 2.24) is 24.6 Å². The Morgan fingerprint density at radius 2 is 1.79 bits per heavy atom. The average molecular weight is 456 g/mol. The van der Waals surface area contributed by atoms with Crippen molar-refractivity contribution in [1.29, 1.82) is 0 Å². The topological polar surface area (TPSA) is 54.3 Å². The van der Waals surface area contributed by atoms with E-state index >= 15 is 0 Å². The highest BCUT2D eigenvalue weighted by molar-refractivity contribution is 7.13. The van der Waals surface area contributed by atoms with Crippen LogP contribution in [0.3, 0.4) is 0 Å². The van der Waals surface area contributed by atoms with Gasteiger partial charge in [-0.3, -0.25) is 14.7 Å². The van der Waals surface area contributed by atoms with Crippen LogP contribution in [0, 0.1) is 0 Å². The number of para-hydroxylation sites is 1. The summed E-state index contributed by atoms with van der Waals surface area (Å²) in [5, 5.41) is 6.84. The summed E-state index contributed by atoms with van der Waals surface area (Å²) in [6, 6.07) is 20.1. The fourth-order valence-electron chi connectivity index (χ4n) is 3.94. The van der Waals surface area contributed by atoms with Gasteiger partial charge in [0.05, 0.1) is 16.3 Å². The molecule has 6 nitrogen and oxygen atoms in total. The Kier molecular flexibility index (Phi) is 6.41. The molecule has 0 spiro atoms. The third kappa shape index (κ3) is 5.10. The third-order valence-corrected chi connectivity index (χ3v) is 6.60. The zero-order valence-corrected chi connectivity index (χ0v) is 19.1. The molecule has 1 amide bonds. The van der Waals surface area contributed by atoms with Crippen molar-refractivity contribution in [3.05, 3.63) is 95.8 Å². The maximum atomic E-state index is 12.9. The minimum absolute atomic E-state index is 0.0390. The van der Waals surface area contributed by atoms with E-state index in [-0.39, 0.29) is 5.91 Å². The van der Waals surface area contributed by atoms with Gasteiger partial charge in [-0.1, -0.05) is 30.3 Å². The van der Waals surface area contributed by atoms with Crippen LogP contribution in [0.15, 0.2) is 84.5 Å². The minimum atomic E-state index is 0.0390. The van der Waals surface area contributed by atoms with E-state index in [1.165, 1.54) is 0 Å². The van der Waals surface area contributed by atoms with Crippen LogP contribution in [0.1, 0.15) is 11.3 Å². The van der Waals surface area contributed by atoms with Gasteiger partial charge in [0.15, 0.2) is 0 Å². The van der Waals surface area contributed by atoms with Gasteiger partial charge in [0.2, 0.25) is 5.91 Å². The number of hydrogen-bond acceptors (Lipinski definition) is 5. The molecule has 0 N–H and O–H groups in total. The van der Waals surface area contributed by atoms with Crippen LogP contribution in [-0.2, 0) is 11.3 Å². The van der Waals surface area contributed by atoms with Crippen molar-refractivity contribution in [2.45, 2.75) is 6.54 Å². The maximum absolute atomic E-state index is 12.9. The lowest BCUT2D eigenvalue weighted by molar-refractivity contribution is -0.127. The molecule has 4 heterocycles. The summed E-state index contributed by atoms with van der Waals surface area (Å²) < 4.78 is 1.87. The molecule has 0 saturated carbocycles. The smallest absolute Gasteiger partial charge is 0.246 e. The van der Waals surface area contributed by atoms with E-state index in [0.717, 1.165) is 60.2 Å². The van der Waals surface area contributed by atoms with Gasteiger partial charge in [-0.05, 0) is 41.8 Å². The predicted octanol–water partition coefficient (Wildman–Crippen LogP) is 4.35. The zero-order valence-electron chi connectivity index (χ0n) is 18.2. The monoisotopic (exact) mass is 455 g/mol. The lowest BCUT2D eigenvalue weighted by atomic mass is 10.2. The summed E-state index contributed by atoms with van der Waals surface area (Å²) in [5.74, 6) is 0.0390. The van der Waals surface area contributed by atoms with Crippen LogP contribution >= 0.6 is 11.3 Å². The summed E-state index contributed by atoms with van der Waals surface area (Å²) in [6.07, 6.45) is 7.38. The molecule has 5 rings (SSSR count). The van der Waals surface area contributed by atoms with Crippen molar-refractivity contribution in [2.75, 3.05) is 26.2 Å². The number of carbonyl (C=O) groups excluding carboxylic acids is 1. The van der Waals surface area contributed by atoms with E-state index in [0.29, 0.717) is 0 Å². The van der Waals surface area contributed by atoms with Gasteiger partial charge in [-0.15, -0.1) is 11.3 Å². The summed E-state index contributed by atoms with van der Waals surface area (Å²) in [5.41, 5.74) is 3.88. The van der Waals surface area contributed by atoms with Gasteiger partial charge in [0, 0.05) is 56.8 Å². The van der Waals surface area contributed by atoms with Crippen LogP contribution in [0.4, 0.5) is 0 Å². The first-order valence-electron chi connectivity index (χ1n) is 11.0. The normalized spacial score (nSPS) is 14.7. The van der Waals surface area contributed by atoms with E-state index in [4.69, 9.17) is 5.10 Å². The molecule has 1 aliphatic heterocycles. The number of piperazine rings is 1. The van der Waals surface area contributed by atoms with Crippen molar-refractivity contribution in [2.24, 2.45) is 0 Å². The largest absolute Gasteiger partial charge is 0.337 e. The lowest BCUT2D eigenvalue weighted by Gasteiger charge is -2.34. The molecule has 0 unspecified atom stereocenters. The molecule has 7 heteroatoms. The maximum Gasteiger partial charge on any atom is 0.246 e. The molecule has 33 heavy (non-hydrogen) atoms. The Balaban J connectivity index is 1.27. The van der Waals surface area contributed by atoms with Gasteiger partial charge >= 0.3 is 0 Å². The molecule has 4 aromatic rings. The molecular weight excluding hydrogens is 430 g/mol. The fourth-order valence-corrected chi connectivity index (χ4v) is 4.67. The zero-order chi connectivity index (χ0) is 22.5. The highest BCUT2D eigenvalue weighted by atomic mass is 32.1. The SMILES string of the molecule is O=C(/C=C/c1cn(-c2ccccc2)nc1-c1cccs1)N1CCN(Cc2ccccn2)CC1. The first-order chi connectivity index (χ1) is 16.3. The number of thiophene rings is 1. The number of hydrogen-bond donors (Lipinski definition) is 0. The van der Waals surface area contributed by atoms with Crippen molar-refractivity contribution in [3.63, 3.8) is 0 Å². The summed E-state index contributed by atoms with van der Waals surface area (Å²) in [6.45, 7) is 3.96. The Labute approximate surface area is 197 Å². The Hall–Kier alpha value is -3.55. The third-order valence-electron chi connectivity index (χ3n) is 5.72. The Morgan fingerprint density at radius 1 is 0.970 bits per heavy atom. The van der Waals surface area contributed by atoms with Crippen molar-refractivity contribution >= 4 is 23.3 Å². The average Bonchev–Trinajstić information content (AvgIpc) is 3.54. The van der Waals surface area contributed by atoms with E-state index < -0.39 is 0 Å². The van der Waals surface area contributed by atoms with Crippen molar-refractivity contribution in [3.8, 4) is 16.3 Å². The molecule has 3 aromatic heterocycles. The second-order valence-electron chi connectivity index (χ2n) is 7.95. The van der Waals surface area contributed by atoms with Gasteiger partial charge in [0.1, 0.15) is 5.69 Å². The number of pyridine rings is 1. The second kappa shape index (κ2) is 9.94. The Morgan fingerprint density at radius 3 is 2.52 bits per heavy atom. The van der Waals surface area contributed by atoms with Crippen LogP contribution in [0.25, 0.3) is 22.3 Å². The molecule has 0 radical (unpaired) electrons. The quantitative estimate of drug-likeness (QED) is 0.406. The number of carbonyl (C=O) groups is 1. The predicted molar refractivity (Wildman–Crippen MR) is 132 cm³/mol. The summed E-state index contributed by atoms with van der Waals surface area (Å²) in [4.78, 5) is 22.6. The molecule has 0 bridgehead atoms. The fraction of sp³-hybridized carbons (Fsp3) is 0.192. The van der Waals surface area contributed by atoms with E-state index in [2.05, 4.69) is 16.0 Å². The van der Waals surface area contributed by atoms with Crippen LogP contribution in [0.2, 0.25) is 0 Å². The number of benzene rings is 1. The van der Waals surface area contributed by atoms with Crippen LogP contribution < -0.4 is 0 Å². The van der Waals surface area contributed by atoms with Crippen LogP contribution in [-0.4, -0.2) is 56.7 Å². The van der Waals surface area contributed by atoms with Gasteiger partial charge < -0.3 is 4.90 Å². The molecular formula is C26H25N5OS. The molecule has 1 aliphatic rings. The number of aromatic nitrogens is 3. The number of amides is 1. The number of rotatable bonds is 6. The highest BCUT2D eigenvalue weighted by Crippen LogP contribution is 2.28. The van der Waals surface area contributed by atoms with E-state index in [9.17, 15) is 4.79 Å². The summed E-state index contributed by atoms with van der Waals surface area (Å²) >= 11 is 1.65. The van der Waals surface area contributed by atoms with Gasteiger partial charge in [-0.25, -0.2) is 4.68 Å². The molecule has 0 atom stereocenters. The van der Waals surface area contributed by atoms with E-state index in [1.54, 1.807) is 17.4 Å². The molecule has 0 aliphatic carbocycles. The highest BCUT2D eigenvalue weighted by Gasteiger charge is 2.20. The second-order valence-corrected chi connectivity index (χ2v) is 8.89. The van der Waals surface area contributed by atoms with Crippen molar-refractivity contribution < 1.29 is 4.79 Å². The molecule has 1 fully saturated rings. The molecule has 1 aromatic carbocycles. The first-order valence-corrected chi connectivity index (χ1v) is 11.9. The molecule has 1 saturated heterocycles. The molecule has 166 valence electrons. The summed E-state index contributed by atoms with van der Waals surface area (Å²) in [7, 11) is 0. The first kappa shape index (κ1) is 21.3. The standard InChI is InChI=1S/C26H25N5OS/c32-25(30-16-14-29(15-17-30)20-22-7-4-5-13-27-22)12-11-21-19-31(23-8-2-1-3-9-23)28-26(21)24-10-6-18-33-24/h1-13,18-19H,14-17,20H2/b12-11+. The minimum Gasteiger partial charge on any atom is -0.337 e.